The summed E-state index contributed by atoms with van der Waals surface area (Å²) in [6.07, 6.45) is -4.39. The number of aromatic nitrogens is 2. The Bertz CT molecular complexity index is 1090. The van der Waals surface area contributed by atoms with Gasteiger partial charge in [0.2, 0.25) is 0 Å². The van der Waals surface area contributed by atoms with Crippen LogP contribution < -0.4 is 10.2 Å². The van der Waals surface area contributed by atoms with Gasteiger partial charge < -0.3 is 15.0 Å². The van der Waals surface area contributed by atoms with Crippen LogP contribution in [0.4, 0.5) is 24.7 Å². The summed E-state index contributed by atoms with van der Waals surface area (Å²) in [7, 11) is 0. The summed E-state index contributed by atoms with van der Waals surface area (Å²) in [5.41, 5.74) is 2.04. The zero-order valence-corrected chi connectivity index (χ0v) is 17.8. The van der Waals surface area contributed by atoms with Gasteiger partial charge in [-0.2, -0.15) is 18.3 Å². The minimum Gasteiger partial charge on any atom is -0.378 e. The molecule has 2 aromatic carbocycles. The van der Waals surface area contributed by atoms with Gasteiger partial charge in [0.15, 0.2) is 5.82 Å². The molecule has 3 aromatic rings. The minimum absolute atomic E-state index is 0.216. The number of hydrogen-bond donors (Lipinski definition) is 1. The second-order valence-corrected chi connectivity index (χ2v) is 7.85. The van der Waals surface area contributed by atoms with Gasteiger partial charge in [0, 0.05) is 29.5 Å². The van der Waals surface area contributed by atoms with Crippen molar-refractivity contribution in [1.82, 2.24) is 10.2 Å². The van der Waals surface area contributed by atoms with Crippen LogP contribution in [0.1, 0.15) is 35.3 Å². The first-order valence-corrected chi connectivity index (χ1v) is 10.3. The molecule has 31 heavy (non-hydrogen) atoms. The summed E-state index contributed by atoms with van der Waals surface area (Å²) in [6.45, 7) is 8.23. The Morgan fingerprint density at radius 2 is 1.77 bits per heavy atom. The van der Waals surface area contributed by atoms with Crippen molar-refractivity contribution in [2.45, 2.75) is 33.0 Å². The fourth-order valence-electron chi connectivity index (χ4n) is 4.11. The minimum atomic E-state index is -4.39. The fourth-order valence-corrected chi connectivity index (χ4v) is 4.11. The largest absolute Gasteiger partial charge is 0.416 e. The quantitative estimate of drug-likeness (QED) is 0.611. The Kier molecular flexibility index (Phi) is 5.75. The fraction of sp³-hybridized carbons (Fsp3) is 0.391. The summed E-state index contributed by atoms with van der Waals surface area (Å²) < 4.78 is 45.5. The van der Waals surface area contributed by atoms with Gasteiger partial charge in [0.05, 0.1) is 30.5 Å². The molecule has 0 aliphatic carbocycles. The van der Waals surface area contributed by atoms with Crippen molar-refractivity contribution >= 4 is 22.3 Å². The number of morpholine rings is 1. The molecule has 0 radical (unpaired) electrons. The Balaban J connectivity index is 1.70. The molecule has 1 N–H and O–H groups in total. The van der Waals surface area contributed by atoms with Gasteiger partial charge >= 0.3 is 6.18 Å². The molecule has 164 valence electrons. The Labute approximate surface area is 179 Å². The van der Waals surface area contributed by atoms with Crippen LogP contribution in [0.5, 0.6) is 0 Å². The summed E-state index contributed by atoms with van der Waals surface area (Å²) in [6, 6.07) is 10.0. The summed E-state index contributed by atoms with van der Waals surface area (Å²) in [5, 5.41) is 13.7. The summed E-state index contributed by atoms with van der Waals surface area (Å²) >= 11 is 0. The SMILES string of the molecule is Cc1c([C@@H](C)Nc2nnc(C)c3ccc(N4CCOCC4)cc23)cccc1C(F)(F)F. The molecular formula is C23H25F3N4O. The third-order valence-electron chi connectivity index (χ3n) is 5.83. The second kappa shape index (κ2) is 8.34. The van der Waals surface area contributed by atoms with E-state index >= 15 is 0 Å². The number of aryl methyl sites for hydroxylation is 1. The molecule has 1 aliphatic rings. The highest BCUT2D eigenvalue weighted by Gasteiger charge is 2.33. The number of benzene rings is 2. The summed E-state index contributed by atoms with van der Waals surface area (Å²) in [4.78, 5) is 2.25. The monoisotopic (exact) mass is 430 g/mol. The number of nitrogens with zero attached hydrogens (tertiary/aromatic N) is 3. The zero-order valence-electron chi connectivity index (χ0n) is 17.8. The van der Waals surface area contributed by atoms with Crippen LogP contribution >= 0.6 is 0 Å². The molecule has 2 heterocycles. The smallest absolute Gasteiger partial charge is 0.378 e. The lowest BCUT2D eigenvalue weighted by atomic mass is 9.97. The standard InChI is InChI=1S/C23H25F3N4O/c1-14-18(5-4-6-21(14)23(24,25)26)15(2)27-22-20-13-17(30-9-11-31-12-10-30)7-8-19(20)16(3)28-29-22/h4-8,13,15H,9-12H2,1-3H3,(H,27,29)/t15-/m1/s1. The predicted molar refractivity (Wildman–Crippen MR) is 116 cm³/mol. The second-order valence-electron chi connectivity index (χ2n) is 7.85. The van der Waals surface area contributed by atoms with Crippen LogP contribution in [-0.2, 0) is 10.9 Å². The van der Waals surface area contributed by atoms with Crippen molar-refractivity contribution in [1.29, 1.82) is 0 Å². The molecule has 1 saturated heterocycles. The van der Waals surface area contributed by atoms with Gasteiger partial charge in [0.25, 0.3) is 0 Å². The van der Waals surface area contributed by atoms with Crippen LogP contribution in [-0.4, -0.2) is 36.5 Å². The van der Waals surface area contributed by atoms with Crippen LogP contribution in [0.3, 0.4) is 0 Å². The number of anilines is 2. The molecule has 8 heteroatoms. The number of halogens is 3. The maximum absolute atomic E-state index is 13.3. The zero-order chi connectivity index (χ0) is 22.2. The van der Waals surface area contributed by atoms with E-state index in [9.17, 15) is 13.2 Å². The van der Waals surface area contributed by atoms with Gasteiger partial charge in [-0.3, -0.25) is 0 Å². The molecule has 0 spiro atoms. The Hall–Kier alpha value is -2.87. The molecule has 1 fully saturated rings. The van der Waals surface area contributed by atoms with Gasteiger partial charge in [0.1, 0.15) is 0 Å². The van der Waals surface area contributed by atoms with Crippen LogP contribution in [0.2, 0.25) is 0 Å². The topological polar surface area (TPSA) is 50.3 Å². The van der Waals surface area contributed by atoms with E-state index < -0.39 is 11.7 Å². The maximum atomic E-state index is 13.3. The number of fused-ring (bicyclic) bond motifs is 1. The van der Waals surface area contributed by atoms with E-state index in [0.717, 1.165) is 41.3 Å². The molecule has 4 rings (SSSR count). The van der Waals surface area contributed by atoms with Crippen molar-refractivity contribution in [3.8, 4) is 0 Å². The molecular weight excluding hydrogens is 405 g/mol. The first-order valence-electron chi connectivity index (χ1n) is 10.3. The normalized spacial score (nSPS) is 15.9. The number of ether oxygens (including phenoxy) is 1. The number of rotatable bonds is 4. The van der Waals surface area contributed by atoms with Gasteiger partial charge in [-0.15, -0.1) is 5.10 Å². The lowest BCUT2D eigenvalue weighted by Gasteiger charge is -2.29. The molecule has 0 bridgehead atoms. The average molecular weight is 430 g/mol. The van der Waals surface area contributed by atoms with Crippen LogP contribution in [0.25, 0.3) is 10.8 Å². The number of alkyl halides is 3. The van der Waals surface area contributed by atoms with Crippen molar-refractivity contribution in [2.75, 3.05) is 36.5 Å². The van der Waals surface area contributed by atoms with E-state index in [-0.39, 0.29) is 11.6 Å². The maximum Gasteiger partial charge on any atom is 0.416 e. The van der Waals surface area contributed by atoms with Crippen LogP contribution in [0.15, 0.2) is 36.4 Å². The molecule has 0 unspecified atom stereocenters. The van der Waals surface area contributed by atoms with E-state index in [0.29, 0.717) is 24.6 Å². The van der Waals surface area contributed by atoms with Crippen molar-refractivity contribution in [3.05, 3.63) is 58.8 Å². The van der Waals surface area contributed by atoms with Crippen LogP contribution in [0, 0.1) is 13.8 Å². The van der Waals surface area contributed by atoms with Crippen molar-refractivity contribution < 1.29 is 17.9 Å². The lowest BCUT2D eigenvalue weighted by molar-refractivity contribution is -0.138. The van der Waals surface area contributed by atoms with E-state index in [1.54, 1.807) is 6.07 Å². The highest BCUT2D eigenvalue weighted by Crippen LogP contribution is 2.36. The Morgan fingerprint density at radius 3 is 2.48 bits per heavy atom. The number of nitrogens with one attached hydrogen (secondary N) is 1. The van der Waals surface area contributed by atoms with E-state index in [2.05, 4.69) is 32.5 Å². The van der Waals surface area contributed by atoms with Gasteiger partial charge in [-0.05, 0) is 50.1 Å². The third-order valence-corrected chi connectivity index (χ3v) is 5.83. The summed E-state index contributed by atoms with van der Waals surface area (Å²) in [5.74, 6) is 0.556. The highest BCUT2D eigenvalue weighted by atomic mass is 19.4. The number of hydrogen-bond acceptors (Lipinski definition) is 5. The first kappa shape index (κ1) is 21.4. The molecule has 1 aromatic heterocycles. The van der Waals surface area contributed by atoms with Gasteiger partial charge in [-0.1, -0.05) is 18.2 Å². The molecule has 5 nitrogen and oxygen atoms in total. The Morgan fingerprint density at radius 1 is 1.03 bits per heavy atom. The lowest BCUT2D eigenvalue weighted by Crippen LogP contribution is -2.36. The molecule has 1 atom stereocenters. The van der Waals surface area contributed by atoms with E-state index in [1.165, 1.54) is 13.0 Å². The van der Waals surface area contributed by atoms with E-state index in [4.69, 9.17) is 4.74 Å². The van der Waals surface area contributed by atoms with E-state index in [1.807, 2.05) is 19.9 Å². The van der Waals surface area contributed by atoms with Crippen molar-refractivity contribution in [2.24, 2.45) is 0 Å². The predicted octanol–water partition coefficient (Wildman–Crippen LogP) is 5.28. The first-order chi connectivity index (χ1) is 14.8. The molecule has 0 amide bonds. The average Bonchev–Trinajstić information content (AvgIpc) is 2.75. The molecule has 0 saturated carbocycles. The molecule has 1 aliphatic heterocycles. The third kappa shape index (κ3) is 4.30. The van der Waals surface area contributed by atoms with Gasteiger partial charge in [-0.25, -0.2) is 0 Å². The van der Waals surface area contributed by atoms with Crippen molar-refractivity contribution in [3.63, 3.8) is 0 Å². The highest BCUT2D eigenvalue weighted by molar-refractivity contribution is 5.95.